The van der Waals surface area contributed by atoms with Gasteiger partial charge in [-0.25, -0.2) is 14.1 Å². The highest BCUT2D eigenvalue weighted by molar-refractivity contribution is 6.45. The van der Waals surface area contributed by atoms with Crippen molar-refractivity contribution in [3.8, 4) is 0 Å². The standard InChI is InChI=1S/C16H16FN3O4/c1-2-9-19-14(22)15(23)20(16(19)24)10-13(21)18-8-7-11-5-3-4-6-12(11)17/h2-6H,1,7-10H2,(H,18,21). The van der Waals surface area contributed by atoms with Gasteiger partial charge in [-0.2, -0.15) is 0 Å². The zero-order valence-electron chi connectivity index (χ0n) is 12.8. The first-order valence-corrected chi connectivity index (χ1v) is 7.24. The van der Waals surface area contributed by atoms with E-state index in [2.05, 4.69) is 11.9 Å². The lowest BCUT2D eigenvalue weighted by atomic mass is 10.1. The molecule has 0 bridgehead atoms. The van der Waals surface area contributed by atoms with Crippen molar-refractivity contribution < 1.29 is 23.6 Å². The van der Waals surface area contributed by atoms with Gasteiger partial charge in [0.1, 0.15) is 12.4 Å². The number of halogens is 1. The van der Waals surface area contributed by atoms with Gasteiger partial charge in [0.25, 0.3) is 0 Å². The number of urea groups is 1. The van der Waals surface area contributed by atoms with Crippen molar-refractivity contribution in [3.05, 3.63) is 48.3 Å². The van der Waals surface area contributed by atoms with E-state index in [4.69, 9.17) is 0 Å². The summed E-state index contributed by atoms with van der Waals surface area (Å²) in [6, 6.07) is 5.31. The lowest BCUT2D eigenvalue weighted by molar-refractivity contribution is -0.143. The first-order valence-electron chi connectivity index (χ1n) is 7.24. The molecule has 0 radical (unpaired) electrons. The molecule has 8 heteroatoms. The third-order valence-corrected chi connectivity index (χ3v) is 3.42. The molecule has 1 saturated heterocycles. The number of carbonyl (C=O) groups excluding carboxylic acids is 4. The van der Waals surface area contributed by atoms with Crippen LogP contribution in [0.5, 0.6) is 0 Å². The van der Waals surface area contributed by atoms with Crippen molar-refractivity contribution >= 4 is 23.8 Å². The Kier molecular flexibility index (Phi) is 5.41. The number of carbonyl (C=O) groups is 4. The third kappa shape index (κ3) is 3.65. The van der Waals surface area contributed by atoms with Crippen LogP contribution in [0.2, 0.25) is 0 Å². The van der Waals surface area contributed by atoms with Crippen LogP contribution in [0, 0.1) is 5.82 Å². The van der Waals surface area contributed by atoms with Gasteiger partial charge in [-0.3, -0.25) is 19.3 Å². The average molecular weight is 333 g/mol. The zero-order valence-corrected chi connectivity index (χ0v) is 12.8. The minimum Gasteiger partial charge on any atom is -0.354 e. The number of benzene rings is 1. The Bertz CT molecular complexity index is 704. The fraction of sp³-hybridized carbons (Fsp3) is 0.250. The van der Waals surface area contributed by atoms with Gasteiger partial charge >= 0.3 is 17.8 Å². The van der Waals surface area contributed by atoms with E-state index in [1.54, 1.807) is 18.2 Å². The number of amides is 5. The molecule has 126 valence electrons. The van der Waals surface area contributed by atoms with Crippen LogP contribution in [-0.2, 0) is 20.8 Å². The maximum absolute atomic E-state index is 13.4. The van der Waals surface area contributed by atoms with Crippen LogP contribution in [0.4, 0.5) is 9.18 Å². The predicted octanol–water partition coefficient (Wildman–Crippen LogP) is 0.461. The number of hydrogen-bond acceptors (Lipinski definition) is 4. The lowest BCUT2D eigenvalue weighted by Crippen LogP contribution is -2.42. The minimum absolute atomic E-state index is 0.102. The molecule has 0 saturated carbocycles. The summed E-state index contributed by atoms with van der Waals surface area (Å²) < 4.78 is 13.4. The van der Waals surface area contributed by atoms with E-state index in [0.717, 1.165) is 0 Å². The van der Waals surface area contributed by atoms with E-state index >= 15 is 0 Å². The molecule has 0 aromatic heterocycles. The molecule has 1 fully saturated rings. The summed E-state index contributed by atoms with van der Waals surface area (Å²) in [5, 5.41) is 2.49. The van der Waals surface area contributed by atoms with Gasteiger partial charge < -0.3 is 5.32 Å². The lowest BCUT2D eigenvalue weighted by Gasteiger charge is -2.14. The van der Waals surface area contributed by atoms with Crippen molar-refractivity contribution in [2.45, 2.75) is 6.42 Å². The highest BCUT2D eigenvalue weighted by atomic mass is 19.1. The first-order chi connectivity index (χ1) is 11.5. The fourth-order valence-electron chi connectivity index (χ4n) is 2.22. The molecule has 5 amide bonds. The Morgan fingerprint density at radius 1 is 1.17 bits per heavy atom. The quantitative estimate of drug-likeness (QED) is 0.446. The molecule has 24 heavy (non-hydrogen) atoms. The van der Waals surface area contributed by atoms with E-state index in [-0.39, 0.29) is 25.3 Å². The molecular formula is C16H16FN3O4. The largest absolute Gasteiger partial charge is 0.354 e. The summed E-state index contributed by atoms with van der Waals surface area (Å²) in [4.78, 5) is 48.4. The van der Waals surface area contributed by atoms with Crippen molar-refractivity contribution in [1.82, 2.24) is 15.1 Å². The molecular weight excluding hydrogens is 317 g/mol. The van der Waals surface area contributed by atoms with Gasteiger partial charge in [-0.1, -0.05) is 24.3 Å². The van der Waals surface area contributed by atoms with E-state index in [1.165, 1.54) is 12.1 Å². The van der Waals surface area contributed by atoms with Crippen LogP contribution < -0.4 is 5.32 Å². The second-order valence-electron chi connectivity index (χ2n) is 5.07. The molecule has 0 atom stereocenters. The predicted molar refractivity (Wildman–Crippen MR) is 82.1 cm³/mol. The maximum atomic E-state index is 13.4. The van der Waals surface area contributed by atoms with Crippen LogP contribution in [0.25, 0.3) is 0 Å². The smallest absolute Gasteiger partial charge is 0.335 e. The monoisotopic (exact) mass is 333 g/mol. The molecule has 0 aliphatic carbocycles. The summed E-state index contributed by atoms with van der Waals surface area (Å²) in [6.45, 7) is 2.87. The topological polar surface area (TPSA) is 86.8 Å². The van der Waals surface area contributed by atoms with Crippen molar-refractivity contribution in [3.63, 3.8) is 0 Å². The molecule has 1 heterocycles. The summed E-state index contributed by atoms with van der Waals surface area (Å²) >= 11 is 0. The van der Waals surface area contributed by atoms with E-state index in [0.29, 0.717) is 15.4 Å². The Balaban J connectivity index is 1.87. The second-order valence-corrected chi connectivity index (χ2v) is 5.07. The summed E-state index contributed by atoms with van der Waals surface area (Å²) in [6.07, 6.45) is 1.57. The fourth-order valence-corrected chi connectivity index (χ4v) is 2.22. The van der Waals surface area contributed by atoms with Gasteiger partial charge in [0.15, 0.2) is 0 Å². The Morgan fingerprint density at radius 2 is 1.83 bits per heavy atom. The van der Waals surface area contributed by atoms with Crippen LogP contribution in [0.1, 0.15) is 5.56 Å². The van der Waals surface area contributed by atoms with Gasteiger partial charge in [0.2, 0.25) is 5.91 Å². The molecule has 0 unspecified atom stereocenters. The molecule has 1 aliphatic rings. The average Bonchev–Trinajstić information content (AvgIpc) is 2.75. The van der Waals surface area contributed by atoms with Crippen LogP contribution in [-0.4, -0.2) is 53.2 Å². The van der Waals surface area contributed by atoms with Gasteiger partial charge in [0.05, 0.1) is 0 Å². The normalized spacial score (nSPS) is 14.3. The van der Waals surface area contributed by atoms with Crippen LogP contribution >= 0.6 is 0 Å². The Labute approximate surface area is 137 Å². The molecule has 2 rings (SSSR count). The van der Waals surface area contributed by atoms with Gasteiger partial charge in [-0.05, 0) is 18.1 Å². The van der Waals surface area contributed by atoms with Crippen molar-refractivity contribution in [2.75, 3.05) is 19.6 Å². The number of nitrogens with one attached hydrogen (secondary N) is 1. The number of rotatable bonds is 7. The minimum atomic E-state index is -1.05. The SMILES string of the molecule is C=CCN1C(=O)C(=O)N(CC(=O)NCCc2ccccc2F)C1=O. The van der Waals surface area contributed by atoms with Crippen molar-refractivity contribution in [2.24, 2.45) is 0 Å². The molecule has 1 aliphatic heterocycles. The van der Waals surface area contributed by atoms with E-state index in [1.807, 2.05) is 0 Å². The molecule has 7 nitrogen and oxygen atoms in total. The summed E-state index contributed by atoms with van der Waals surface area (Å²) in [5.74, 6) is -3.02. The number of imide groups is 2. The van der Waals surface area contributed by atoms with Gasteiger partial charge in [0, 0.05) is 13.1 Å². The maximum Gasteiger partial charge on any atom is 0.335 e. The summed E-state index contributed by atoms with van der Waals surface area (Å²) in [5.41, 5.74) is 0.443. The summed E-state index contributed by atoms with van der Waals surface area (Å²) in [7, 11) is 0. The van der Waals surface area contributed by atoms with Crippen LogP contribution in [0.15, 0.2) is 36.9 Å². The highest BCUT2D eigenvalue weighted by Crippen LogP contribution is 2.11. The van der Waals surface area contributed by atoms with E-state index in [9.17, 15) is 23.6 Å². The highest BCUT2D eigenvalue weighted by Gasteiger charge is 2.44. The number of hydrogen-bond donors (Lipinski definition) is 1. The van der Waals surface area contributed by atoms with E-state index < -0.39 is 30.3 Å². The Hall–Kier alpha value is -3.03. The third-order valence-electron chi connectivity index (χ3n) is 3.42. The Morgan fingerprint density at radius 3 is 2.50 bits per heavy atom. The van der Waals surface area contributed by atoms with Gasteiger partial charge in [-0.15, -0.1) is 6.58 Å². The second kappa shape index (κ2) is 7.49. The molecule has 0 spiro atoms. The number of nitrogens with zero attached hydrogens (tertiary/aromatic N) is 2. The molecule has 1 aromatic carbocycles. The van der Waals surface area contributed by atoms with Crippen molar-refractivity contribution in [1.29, 1.82) is 0 Å². The zero-order chi connectivity index (χ0) is 17.7. The van der Waals surface area contributed by atoms with Crippen LogP contribution in [0.3, 0.4) is 0 Å². The molecule has 1 aromatic rings. The molecule has 1 N–H and O–H groups in total. The first kappa shape index (κ1) is 17.3.